The molecular weight excluding hydrogens is 820 g/mol. The second kappa shape index (κ2) is 17.1. The summed E-state index contributed by atoms with van der Waals surface area (Å²) in [7, 11) is 0. The molecule has 0 saturated heterocycles. The van der Waals surface area contributed by atoms with Crippen molar-refractivity contribution in [2.24, 2.45) is 0 Å². The molecule has 0 aliphatic rings. The molecule has 0 aromatic heterocycles. The Morgan fingerprint density at radius 3 is 1.26 bits per heavy atom. The van der Waals surface area contributed by atoms with E-state index in [-0.39, 0.29) is 24.4 Å². The Morgan fingerprint density at radius 1 is 0.698 bits per heavy atom. The zero-order valence-corrected chi connectivity index (χ0v) is 31.3. The number of rotatable bonds is 16. The van der Waals surface area contributed by atoms with Gasteiger partial charge in [0.1, 0.15) is 11.5 Å². The van der Waals surface area contributed by atoms with Crippen molar-refractivity contribution >= 4 is 75.7 Å². The van der Waals surface area contributed by atoms with E-state index in [1.54, 1.807) is 27.7 Å². The third-order valence-corrected chi connectivity index (χ3v) is 8.40. The molecule has 2 atom stereocenters. The number of hydrogen-bond acceptors (Lipinski definition) is 8. The van der Waals surface area contributed by atoms with Crippen LogP contribution in [0.4, 0.5) is 0 Å². The van der Waals surface area contributed by atoms with Crippen LogP contribution in [0.15, 0.2) is 66.5 Å². The summed E-state index contributed by atoms with van der Waals surface area (Å²) in [5, 5.41) is 0. The standard InChI is InChI=1S/C31H36Br4O8/c1-9-38-25(42-29(36)17(3)4)15-40-27-21(32)11-19(12-22(27)33)31(7,8)20-13-23(34)28(24(35)14-20)41-16-26(39-10-2)43-30(37)18(5)6/h11-14,25-26H,3,5,9-10,15-16H2,1-2,4,6-8H3. The van der Waals surface area contributed by atoms with Gasteiger partial charge in [0.15, 0.2) is 13.2 Å². The minimum atomic E-state index is -0.887. The number of hydrogen-bond donors (Lipinski definition) is 0. The Balaban J connectivity index is 2.26. The Morgan fingerprint density at radius 2 is 1.00 bits per heavy atom. The predicted octanol–water partition coefficient (Wildman–Crippen LogP) is 8.78. The number of halogens is 4. The van der Waals surface area contributed by atoms with Crippen molar-refractivity contribution in [2.75, 3.05) is 26.4 Å². The normalized spacial score (nSPS) is 12.7. The molecule has 8 nitrogen and oxygen atoms in total. The number of carbonyl (C=O) groups is 2. The van der Waals surface area contributed by atoms with Gasteiger partial charge in [0.25, 0.3) is 0 Å². The van der Waals surface area contributed by atoms with E-state index in [1.165, 1.54) is 0 Å². The first-order valence-electron chi connectivity index (χ1n) is 13.3. The van der Waals surface area contributed by atoms with Gasteiger partial charge >= 0.3 is 11.9 Å². The van der Waals surface area contributed by atoms with Gasteiger partial charge in [-0.1, -0.05) is 27.0 Å². The average Bonchev–Trinajstić information content (AvgIpc) is 2.91. The monoisotopic (exact) mass is 852 g/mol. The summed E-state index contributed by atoms with van der Waals surface area (Å²) in [6.45, 7) is 18.8. The zero-order valence-electron chi connectivity index (χ0n) is 25.0. The van der Waals surface area contributed by atoms with Gasteiger partial charge in [-0.05, 0) is 127 Å². The van der Waals surface area contributed by atoms with Crippen molar-refractivity contribution in [1.29, 1.82) is 0 Å². The Labute approximate surface area is 287 Å². The van der Waals surface area contributed by atoms with Gasteiger partial charge in [-0.3, -0.25) is 0 Å². The van der Waals surface area contributed by atoms with Crippen LogP contribution in [0.5, 0.6) is 11.5 Å². The van der Waals surface area contributed by atoms with Crippen molar-refractivity contribution in [3.05, 3.63) is 77.6 Å². The molecule has 0 heterocycles. The molecule has 0 aliphatic heterocycles. The summed E-state index contributed by atoms with van der Waals surface area (Å²) < 4.78 is 36.5. The lowest BCUT2D eigenvalue weighted by atomic mass is 9.78. The van der Waals surface area contributed by atoms with Crippen LogP contribution >= 0.6 is 63.7 Å². The Hall–Kier alpha value is -1.70. The van der Waals surface area contributed by atoms with Gasteiger partial charge in [0.2, 0.25) is 12.6 Å². The van der Waals surface area contributed by atoms with E-state index in [0.717, 1.165) is 11.1 Å². The Kier molecular flexibility index (Phi) is 14.9. The highest BCUT2D eigenvalue weighted by Crippen LogP contribution is 2.44. The molecule has 2 aromatic carbocycles. The molecular formula is C31H36Br4O8. The molecule has 236 valence electrons. The molecule has 0 fully saturated rings. The Bertz CT molecular complexity index is 1200. The first-order valence-corrected chi connectivity index (χ1v) is 16.5. The molecule has 0 N–H and O–H groups in total. The molecule has 0 aliphatic carbocycles. The molecule has 2 unspecified atom stereocenters. The molecule has 0 amide bonds. The van der Waals surface area contributed by atoms with Crippen LogP contribution in [0.1, 0.15) is 52.7 Å². The largest absolute Gasteiger partial charge is 0.485 e. The fourth-order valence-electron chi connectivity index (χ4n) is 3.63. The van der Waals surface area contributed by atoms with Gasteiger partial charge in [-0.2, -0.15) is 0 Å². The maximum Gasteiger partial charge on any atom is 0.335 e. The van der Waals surface area contributed by atoms with Crippen molar-refractivity contribution < 1.29 is 38.0 Å². The first kappa shape index (κ1) is 37.5. The zero-order chi connectivity index (χ0) is 32.5. The van der Waals surface area contributed by atoms with E-state index < -0.39 is 29.9 Å². The van der Waals surface area contributed by atoms with E-state index in [4.69, 9.17) is 28.4 Å². The summed E-state index contributed by atoms with van der Waals surface area (Å²) in [5.41, 5.74) is 2.07. The molecule has 0 radical (unpaired) electrons. The predicted molar refractivity (Wildman–Crippen MR) is 179 cm³/mol. The average molecular weight is 856 g/mol. The maximum atomic E-state index is 12.0. The van der Waals surface area contributed by atoms with E-state index in [1.807, 2.05) is 24.3 Å². The van der Waals surface area contributed by atoms with Gasteiger partial charge in [0, 0.05) is 29.8 Å². The van der Waals surface area contributed by atoms with Crippen molar-refractivity contribution in [2.45, 2.75) is 59.5 Å². The quantitative estimate of drug-likeness (QED) is 0.0942. The number of benzene rings is 2. The van der Waals surface area contributed by atoms with E-state index in [2.05, 4.69) is 90.7 Å². The fraction of sp³-hybridized carbons (Fsp3) is 0.419. The highest BCUT2D eigenvalue weighted by molar-refractivity contribution is 9.11. The lowest BCUT2D eigenvalue weighted by Gasteiger charge is -2.29. The van der Waals surface area contributed by atoms with Crippen LogP contribution in [-0.4, -0.2) is 50.9 Å². The highest BCUT2D eigenvalue weighted by atomic mass is 79.9. The highest BCUT2D eigenvalue weighted by Gasteiger charge is 2.28. The first-order chi connectivity index (χ1) is 20.1. The number of ether oxygens (including phenoxy) is 6. The molecule has 0 spiro atoms. The second-order valence-corrected chi connectivity index (χ2v) is 13.3. The van der Waals surface area contributed by atoms with Gasteiger partial charge in [-0.25, -0.2) is 9.59 Å². The third-order valence-electron chi connectivity index (χ3n) is 6.05. The fourth-order valence-corrected chi connectivity index (χ4v) is 6.46. The number of carbonyl (C=O) groups excluding carboxylic acids is 2. The SMILES string of the molecule is C=C(C)C(=O)OC(COc1c(Br)cc(C(C)(C)c2cc(Br)c(OCC(OCC)OC(=O)C(=C)C)c(Br)c2)cc1Br)OCC. The molecule has 2 rings (SSSR count). The maximum absolute atomic E-state index is 12.0. The van der Waals surface area contributed by atoms with Crippen molar-refractivity contribution in [3.8, 4) is 11.5 Å². The molecule has 0 bridgehead atoms. The number of esters is 2. The molecule has 2 aromatic rings. The van der Waals surface area contributed by atoms with Crippen LogP contribution < -0.4 is 9.47 Å². The van der Waals surface area contributed by atoms with E-state index in [9.17, 15) is 9.59 Å². The van der Waals surface area contributed by atoms with Gasteiger partial charge in [-0.15, -0.1) is 0 Å². The van der Waals surface area contributed by atoms with Gasteiger partial charge < -0.3 is 28.4 Å². The topological polar surface area (TPSA) is 89.5 Å². The lowest BCUT2D eigenvalue weighted by molar-refractivity contribution is -0.180. The molecule has 0 saturated carbocycles. The minimum absolute atomic E-state index is 0.00922. The van der Waals surface area contributed by atoms with Gasteiger partial charge in [0.05, 0.1) is 17.9 Å². The van der Waals surface area contributed by atoms with Crippen molar-refractivity contribution in [1.82, 2.24) is 0 Å². The summed E-state index contributed by atoms with van der Waals surface area (Å²) >= 11 is 14.5. The molecule has 12 heteroatoms. The van der Waals surface area contributed by atoms with Crippen LogP contribution in [0.3, 0.4) is 0 Å². The summed E-state index contributed by atoms with van der Waals surface area (Å²) in [6, 6.07) is 7.91. The van der Waals surface area contributed by atoms with E-state index >= 15 is 0 Å². The minimum Gasteiger partial charge on any atom is -0.485 e. The van der Waals surface area contributed by atoms with Crippen molar-refractivity contribution in [3.63, 3.8) is 0 Å². The van der Waals surface area contributed by atoms with Crippen LogP contribution in [-0.2, 0) is 34.0 Å². The summed E-state index contributed by atoms with van der Waals surface area (Å²) in [5.74, 6) is -0.0199. The molecule has 43 heavy (non-hydrogen) atoms. The second-order valence-electron chi connectivity index (χ2n) is 9.93. The summed E-state index contributed by atoms with van der Waals surface area (Å²) in [6.07, 6.45) is -1.77. The summed E-state index contributed by atoms with van der Waals surface area (Å²) in [4.78, 5) is 23.9. The lowest BCUT2D eigenvalue weighted by Crippen LogP contribution is -2.28. The third kappa shape index (κ3) is 10.7. The smallest absolute Gasteiger partial charge is 0.335 e. The van der Waals surface area contributed by atoms with Crippen LogP contribution in [0.2, 0.25) is 0 Å². The van der Waals surface area contributed by atoms with Crippen LogP contribution in [0.25, 0.3) is 0 Å². The van der Waals surface area contributed by atoms with Crippen LogP contribution in [0, 0.1) is 0 Å². The van der Waals surface area contributed by atoms with E-state index in [0.29, 0.717) is 42.6 Å².